The molecule has 0 radical (unpaired) electrons. The van der Waals surface area contributed by atoms with E-state index in [1.807, 2.05) is 21.7 Å². The van der Waals surface area contributed by atoms with Crippen molar-refractivity contribution in [1.82, 2.24) is 29.7 Å². The summed E-state index contributed by atoms with van der Waals surface area (Å²) in [5, 5.41) is 11.4. The highest BCUT2D eigenvalue weighted by molar-refractivity contribution is 5.94. The van der Waals surface area contributed by atoms with Crippen LogP contribution in [0.1, 0.15) is 53.3 Å². The first-order chi connectivity index (χ1) is 14.1. The number of hydrogen-bond acceptors (Lipinski definition) is 6. The van der Waals surface area contributed by atoms with Crippen LogP contribution in [0.25, 0.3) is 5.65 Å². The molecule has 0 bridgehead atoms. The van der Waals surface area contributed by atoms with Gasteiger partial charge in [0.15, 0.2) is 5.65 Å². The molecule has 5 rings (SSSR count). The van der Waals surface area contributed by atoms with Crippen LogP contribution in [0.15, 0.2) is 24.7 Å². The maximum atomic E-state index is 13.0. The number of amides is 1. The van der Waals surface area contributed by atoms with Gasteiger partial charge in [-0.15, -0.1) is 0 Å². The fraction of sp³-hybridized carbons (Fsp3) is 0.500. The van der Waals surface area contributed by atoms with Gasteiger partial charge in [-0.2, -0.15) is 10.2 Å². The number of hydrogen-bond donors (Lipinski definition) is 2. The number of nitrogens with zero attached hydrogens (tertiary/aromatic N) is 6. The lowest BCUT2D eigenvalue weighted by Gasteiger charge is -2.34. The van der Waals surface area contributed by atoms with Crippen molar-refractivity contribution in [2.24, 2.45) is 5.73 Å². The molecule has 152 valence electrons. The van der Waals surface area contributed by atoms with E-state index < -0.39 is 0 Å². The molecular weight excluding hydrogens is 368 g/mol. The molecule has 2 atom stereocenters. The molecule has 1 amide bonds. The molecule has 2 saturated heterocycles. The number of nitrogens with two attached hydrogens (primary N) is 1. The van der Waals surface area contributed by atoms with E-state index in [0.717, 1.165) is 68.0 Å². The Labute approximate surface area is 168 Å². The number of H-pyrrole nitrogens is 1. The number of anilines is 1. The molecule has 3 N–H and O–H groups in total. The summed E-state index contributed by atoms with van der Waals surface area (Å²) in [6.07, 6.45) is 9.23. The molecule has 9 heteroatoms. The molecule has 9 nitrogen and oxygen atoms in total. The zero-order chi connectivity index (χ0) is 20.0. The lowest BCUT2D eigenvalue weighted by Crippen LogP contribution is -2.38. The highest BCUT2D eigenvalue weighted by Gasteiger charge is 2.31. The third-order valence-corrected chi connectivity index (χ3v) is 6.00. The van der Waals surface area contributed by atoms with Crippen molar-refractivity contribution in [3.8, 4) is 0 Å². The van der Waals surface area contributed by atoms with E-state index >= 15 is 0 Å². The van der Waals surface area contributed by atoms with Gasteiger partial charge in [-0.05, 0) is 32.6 Å². The third kappa shape index (κ3) is 3.25. The highest BCUT2D eigenvalue weighted by Crippen LogP contribution is 2.32. The molecule has 3 aromatic rings. The number of aromatic nitrogens is 5. The number of fused-ring (bicyclic) bond motifs is 1. The summed E-state index contributed by atoms with van der Waals surface area (Å²) >= 11 is 0. The SMILES string of the molecule is Cc1cn2nc([C@@H]3CCCCN3C(=O)c3cn[nH]c3)cc2nc1N1CC[C@H](N)C1. The van der Waals surface area contributed by atoms with Gasteiger partial charge in [0.25, 0.3) is 5.91 Å². The number of rotatable bonds is 3. The molecular formula is C20H26N8O. The standard InChI is InChI=1S/C20H26N8O/c1-13-11-28-18(24-19(13)26-7-5-15(21)12-26)8-16(25-28)17-4-2-3-6-27(17)20(29)14-9-22-23-10-14/h8-11,15,17H,2-7,12,21H2,1H3,(H,22,23)/t15-,17-/m0/s1. The van der Waals surface area contributed by atoms with Crippen LogP contribution >= 0.6 is 0 Å². The first-order valence-electron chi connectivity index (χ1n) is 10.3. The van der Waals surface area contributed by atoms with Crippen LogP contribution in [0.2, 0.25) is 0 Å². The summed E-state index contributed by atoms with van der Waals surface area (Å²) in [6.45, 7) is 4.55. The minimum Gasteiger partial charge on any atom is -0.355 e. The van der Waals surface area contributed by atoms with Gasteiger partial charge < -0.3 is 15.5 Å². The molecule has 5 heterocycles. The molecule has 29 heavy (non-hydrogen) atoms. The van der Waals surface area contributed by atoms with Gasteiger partial charge in [0.1, 0.15) is 5.82 Å². The van der Waals surface area contributed by atoms with E-state index in [1.54, 1.807) is 12.4 Å². The Morgan fingerprint density at radius 3 is 2.93 bits per heavy atom. The van der Waals surface area contributed by atoms with Gasteiger partial charge in [-0.25, -0.2) is 9.50 Å². The number of likely N-dealkylation sites (tertiary alicyclic amines) is 1. The predicted octanol–water partition coefficient (Wildman–Crippen LogP) is 1.67. The maximum Gasteiger partial charge on any atom is 0.257 e. The van der Waals surface area contributed by atoms with Crippen molar-refractivity contribution >= 4 is 17.4 Å². The summed E-state index contributed by atoms with van der Waals surface area (Å²) < 4.78 is 1.83. The lowest BCUT2D eigenvalue weighted by atomic mass is 9.98. The Bertz CT molecular complexity index is 1030. The van der Waals surface area contributed by atoms with Crippen LogP contribution in [-0.2, 0) is 0 Å². The van der Waals surface area contributed by atoms with Crippen molar-refractivity contribution < 1.29 is 4.79 Å². The summed E-state index contributed by atoms with van der Waals surface area (Å²) in [6, 6.07) is 2.18. The minimum atomic E-state index is -0.0446. The van der Waals surface area contributed by atoms with Crippen LogP contribution in [0.5, 0.6) is 0 Å². The van der Waals surface area contributed by atoms with Gasteiger partial charge in [0.2, 0.25) is 0 Å². The summed E-state index contributed by atoms with van der Waals surface area (Å²) in [7, 11) is 0. The molecule has 2 aliphatic rings. The van der Waals surface area contributed by atoms with Crippen molar-refractivity contribution in [1.29, 1.82) is 0 Å². The zero-order valence-electron chi connectivity index (χ0n) is 16.6. The largest absolute Gasteiger partial charge is 0.355 e. The Balaban J connectivity index is 1.48. The van der Waals surface area contributed by atoms with E-state index in [9.17, 15) is 4.79 Å². The van der Waals surface area contributed by atoms with Gasteiger partial charge in [0, 0.05) is 49.7 Å². The van der Waals surface area contributed by atoms with Crippen LogP contribution in [0, 0.1) is 6.92 Å². The minimum absolute atomic E-state index is 0.00334. The summed E-state index contributed by atoms with van der Waals surface area (Å²) in [5.74, 6) is 0.975. The normalized spacial score (nSPS) is 22.6. The Morgan fingerprint density at radius 2 is 2.17 bits per heavy atom. The van der Waals surface area contributed by atoms with E-state index in [4.69, 9.17) is 15.8 Å². The smallest absolute Gasteiger partial charge is 0.257 e. The molecule has 2 aliphatic heterocycles. The van der Waals surface area contributed by atoms with Gasteiger partial charge in [-0.3, -0.25) is 9.89 Å². The molecule has 0 unspecified atom stereocenters. The average Bonchev–Trinajstić information content (AvgIpc) is 3.47. The van der Waals surface area contributed by atoms with Crippen LogP contribution in [0.3, 0.4) is 0 Å². The second-order valence-corrected chi connectivity index (χ2v) is 8.11. The Kier molecular flexibility index (Phi) is 4.46. The molecule has 0 aliphatic carbocycles. The Morgan fingerprint density at radius 1 is 1.28 bits per heavy atom. The van der Waals surface area contributed by atoms with Gasteiger partial charge in [0.05, 0.1) is 23.5 Å². The fourth-order valence-corrected chi connectivity index (χ4v) is 4.50. The summed E-state index contributed by atoms with van der Waals surface area (Å²) in [5.41, 5.74) is 9.44. The zero-order valence-corrected chi connectivity index (χ0v) is 16.6. The van der Waals surface area contributed by atoms with Crippen molar-refractivity contribution in [3.63, 3.8) is 0 Å². The maximum absolute atomic E-state index is 13.0. The number of aromatic amines is 1. The van der Waals surface area contributed by atoms with Gasteiger partial charge in [-0.1, -0.05) is 0 Å². The number of piperidine rings is 1. The van der Waals surface area contributed by atoms with E-state index in [2.05, 4.69) is 22.0 Å². The van der Waals surface area contributed by atoms with Crippen molar-refractivity contribution in [2.45, 2.75) is 44.7 Å². The number of aryl methyl sites for hydroxylation is 1. The number of carbonyl (C=O) groups excluding carboxylic acids is 1. The second-order valence-electron chi connectivity index (χ2n) is 8.11. The quantitative estimate of drug-likeness (QED) is 0.699. The number of nitrogens with one attached hydrogen (secondary N) is 1. The second kappa shape index (κ2) is 7.14. The molecule has 3 aromatic heterocycles. The third-order valence-electron chi connectivity index (χ3n) is 6.00. The fourth-order valence-electron chi connectivity index (χ4n) is 4.50. The lowest BCUT2D eigenvalue weighted by molar-refractivity contribution is 0.0606. The van der Waals surface area contributed by atoms with Crippen molar-refractivity contribution in [2.75, 3.05) is 24.5 Å². The van der Waals surface area contributed by atoms with E-state index in [1.165, 1.54) is 0 Å². The monoisotopic (exact) mass is 394 g/mol. The van der Waals surface area contributed by atoms with Crippen LogP contribution in [0.4, 0.5) is 5.82 Å². The molecule has 0 saturated carbocycles. The highest BCUT2D eigenvalue weighted by atomic mass is 16.2. The van der Waals surface area contributed by atoms with E-state index in [0.29, 0.717) is 5.56 Å². The first-order valence-corrected chi connectivity index (χ1v) is 10.3. The topological polar surface area (TPSA) is 108 Å². The van der Waals surface area contributed by atoms with Crippen LogP contribution < -0.4 is 10.6 Å². The van der Waals surface area contributed by atoms with Gasteiger partial charge >= 0.3 is 0 Å². The average molecular weight is 394 g/mol. The number of carbonyl (C=O) groups is 1. The van der Waals surface area contributed by atoms with Crippen LogP contribution in [-0.4, -0.2) is 61.3 Å². The molecule has 0 spiro atoms. The van der Waals surface area contributed by atoms with E-state index in [-0.39, 0.29) is 18.0 Å². The predicted molar refractivity (Wildman–Crippen MR) is 109 cm³/mol. The van der Waals surface area contributed by atoms with Crippen molar-refractivity contribution in [3.05, 3.63) is 41.5 Å². The Hall–Kier alpha value is -2.94. The first kappa shape index (κ1) is 18.1. The summed E-state index contributed by atoms with van der Waals surface area (Å²) in [4.78, 5) is 22.0. The molecule has 0 aromatic carbocycles. The molecule has 2 fully saturated rings.